The molecule has 0 unspecified atom stereocenters. The third kappa shape index (κ3) is 6.59. The van der Waals surface area contributed by atoms with Gasteiger partial charge in [-0.3, -0.25) is 0 Å². The molecule has 0 aliphatic heterocycles. The van der Waals surface area contributed by atoms with E-state index >= 15 is 0 Å². The Bertz CT molecular complexity index is 350. The van der Waals surface area contributed by atoms with E-state index in [1.54, 1.807) is 0 Å². The fourth-order valence-corrected chi connectivity index (χ4v) is 1.76. The van der Waals surface area contributed by atoms with E-state index in [0.29, 0.717) is 6.61 Å². The number of rotatable bonds is 10. The molecule has 0 spiro atoms. The van der Waals surface area contributed by atoms with E-state index in [4.69, 9.17) is 9.47 Å². The van der Waals surface area contributed by atoms with E-state index in [1.165, 1.54) is 0 Å². The van der Waals surface area contributed by atoms with Crippen LogP contribution in [-0.4, -0.2) is 42.0 Å². The van der Waals surface area contributed by atoms with Crippen LogP contribution < -0.4 is 5.32 Å². The Morgan fingerprint density at radius 1 is 1.37 bits per heavy atom. The maximum atomic E-state index is 5.57. The summed E-state index contributed by atoms with van der Waals surface area (Å²) in [7, 11) is 0. The predicted molar refractivity (Wildman–Crippen MR) is 77.7 cm³/mol. The summed E-state index contributed by atoms with van der Waals surface area (Å²) in [4.78, 5) is 4.48. The van der Waals surface area contributed by atoms with Crippen molar-refractivity contribution in [2.45, 2.75) is 46.8 Å². The van der Waals surface area contributed by atoms with E-state index in [0.717, 1.165) is 44.4 Å². The van der Waals surface area contributed by atoms with Crippen molar-refractivity contribution in [3.63, 3.8) is 0 Å². The van der Waals surface area contributed by atoms with Crippen LogP contribution in [0.1, 0.15) is 32.9 Å². The van der Waals surface area contributed by atoms with Gasteiger partial charge in [0.25, 0.3) is 0 Å². The van der Waals surface area contributed by atoms with Crippen LogP contribution in [0.4, 0.5) is 5.95 Å². The number of hydrogen-bond donors (Lipinski definition) is 1. The van der Waals surface area contributed by atoms with Gasteiger partial charge in [-0.1, -0.05) is 0 Å². The van der Waals surface area contributed by atoms with Gasteiger partial charge in [0.15, 0.2) is 0 Å². The summed E-state index contributed by atoms with van der Waals surface area (Å²) in [5.41, 5.74) is 1.02. The fraction of sp³-hybridized carbons (Fsp3) is 0.786. The van der Waals surface area contributed by atoms with Crippen molar-refractivity contribution in [3.05, 3.63) is 11.9 Å². The van der Waals surface area contributed by atoms with Gasteiger partial charge in [0.2, 0.25) is 5.95 Å². The highest BCUT2D eigenvalue weighted by molar-refractivity contribution is 5.28. The van der Waals surface area contributed by atoms with E-state index in [-0.39, 0.29) is 6.10 Å². The highest BCUT2D eigenvalue weighted by Crippen LogP contribution is 2.08. The van der Waals surface area contributed by atoms with Crippen molar-refractivity contribution in [3.8, 4) is 0 Å². The molecule has 110 valence electrons. The summed E-state index contributed by atoms with van der Waals surface area (Å²) in [5.74, 6) is 0.918. The number of aromatic nitrogens is 2. The summed E-state index contributed by atoms with van der Waals surface area (Å²) < 4.78 is 13.0. The van der Waals surface area contributed by atoms with Gasteiger partial charge in [-0.25, -0.2) is 4.98 Å². The summed E-state index contributed by atoms with van der Waals surface area (Å²) in [5, 5.41) is 3.35. The van der Waals surface area contributed by atoms with Gasteiger partial charge in [-0.2, -0.15) is 0 Å². The monoisotopic (exact) mass is 269 g/mol. The molecule has 0 aliphatic carbocycles. The molecule has 1 aromatic heterocycles. The molecule has 1 rings (SSSR count). The molecule has 5 nitrogen and oxygen atoms in total. The summed E-state index contributed by atoms with van der Waals surface area (Å²) in [6, 6.07) is 0. The Morgan fingerprint density at radius 3 is 2.84 bits per heavy atom. The van der Waals surface area contributed by atoms with Gasteiger partial charge in [0.1, 0.15) is 0 Å². The maximum Gasteiger partial charge on any atom is 0.203 e. The van der Waals surface area contributed by atoms with Gasteiger partial charge in [0, 0.05) is 32.5 Å². The lowest BCUT2D eigenvalue weighted by Crippen LogP contribution is -2.14. The summed E-state index contributed by atoms with van der Waals surface area (Å²) in [6.45, 7) is 12.1. The highest BCUT2D eigenvalue weighted by atomic mass is 16.5. The molecule has 1 aromatic rings. The number of imidazole rings is 1. The summed E-state index contributed by atoms with van der Waals surface area (Å²) in [6.07, 6.45) is 3.31. The van der Waals surface area contributed by atoms with E-state index in [9.17, 15) is 0 Å². The topological polar surface area (TPSA) is 48.3 Å². The zero-order chi connectivity index (χ0) is 14.1. The maximum absolute atomic E-state index is 5.57. The Labute approximate surface area is 116 Å². The standard InChI is InChI=1S/C14H27N3O2/c1-5-18-9-6-7-15-14-16-13(4)11-17(14)8-10-19-12(2)3/h11-12H,5-10H2,1-4H3,(H,15,16). The minimum Gasteiger partial charge on any atom is -0.382 e. The molecular formula is C14H27N3O2. The second-order valence-electron chi connectivity index (χ2n) is 4.80. The zero-order valence-corrected chi connectivity index (χ0v) is 12.6. The number of aryl methyl sites for hydroxylation is 1. The third-order valence-electron chi connectivity index (χ3n) is 2.63. The Morgan fingerprint density at radius 2 is 2.16 bits per heavy atom. The molecule has 0 saturated heterocycles. The molecule has 1 heterocycles. The van der Waals surface area contributed by atoms with Gasteiger partial charge in [-0.05, 0) is 34.1 Å². The number of hydrogen-bond acceptors (Lipinski definition) is 4. The van der Waals surface area contributed by atoms with Crippen LogP contribution >= 0.6 is 0 Å². The first kappa shape index (κ1) is 16.0. The molecule has 1 N–H and O–H groups in total. The van der Waals surface area contributed by atoms with Gasteiger partial charge >= 0.3 is 0 Å². The van der Waals surface area contributed by atoms with Crippen LogP contribution in [0.25, 0.3) is 0 Å². The van der Waals surface area contributed by atoms with Crippen LogP contribution in [0.3, 0.4) is 0 Å². The lowest BCUT2D eigenvalue weighted by Gasteiger charge is -2.11. The van der Waals surface area contributed by atoms with Crippen LogP contribution in [0.2, 0.25) is 0 Å². The van der Waals surface area contributed by atoms with Crippen molar-refractivity contribution in [1.29, 1.82) is 0 Å². The molecule has 19 heavy (non-hydrogen) atoms. The number of nitrogens with zero attached hydrogens (tertiary/aromatic N) is 2. The van der Waals surface area contributed by atoms with Crippen molar-refractivity contribution in [1.82, 2.24) is 9.55 Å². The largest absolute Gasteiger partial charge is 0.382 e. The molecule has 0 amide bonds. The third-order valence-corrected chi connectivity index (χ3v) is 2.63. The molecule has 0 saturated carbocycles. The van der Waals surface area contributed by atoms with Crippen LogP contribution in [0.15, 0.2) is 6.20 Å². The van der Waals surface area contributed by atoms with Crippen LogP contribution in [0.5, 0.6) is 0 Å². The Kier molecular flexibility index (Phi) is 7.52. The SMILES string of the molecule is CCOCCCNc1nc(C)cn1CCOC(C)C. The van der Waals surface area contributed by atoms with Gasteiger partial charge < -0.3 is 19.4 Å². The average Bonchev–Trinajstić information content (AvgIpc) is 2.69. The van der Waals surface area contributed by atoms with E-state index < -0.39 is 0 Å². The minimum atomic E-state index is 0.271. The lowest BCUT2D eigenvalue weighted by molar-refractivity contribution is 0.0730. The summed E-state index contributed by atoms with van der Waals surface area (Å²) >= 11 is 0. The van der Waals surface area contributed by atoms with E-state index in [1.807, 2.05) is 27.7 Å². The molecular weight excluding hydrogens is 242 g/mol. The van der Waals surface area contributed by atoms with Crippen LogP contribution in [0, 0.1) is 6.92 Å². The molecule has 0 aliphatic rings. The Balaban J connectivity index is 2.35. The van der Waals surface area contributed by atoms with Gasteiger partial charge in [0.05, 0.1) is 18.4 Å². The van der Waals surface area contributed by atoms with E-state index in [2.05, 4.69) is 21.1 Å². The number of anilines is 1. The zero-order valence-electron chi connectivity index (χ0n) is 12.6. The Hall–Kier alpha value is -1.07. The van der Waals surface area contributed by atoms with Crippen molar-refractivity contribution < 1.29 is 9.47 Å². The first-order chi connectivity index (χ1) is 9.13. The molecule has 0 bridgehead atoms. The molecule has 0 fully saturated rings. The fourth-order valence-electron chi connectivity index (χ4n) is 1.76. The second-order valence-corrected chi connectivity index (χ2v) is 4.80. The molecule has 0 aromatic carbocycles. The second kappa shape index (κ2) is 8.93. The predicted octanol–water partition coefficient (Wildman–Crippen LogP) is 2.46. The first-order valence-corrected chi connectivity index (χ1v) is 7.10. The van der Waals surface area contributed by atoms with Crippen molar-refractivity contribution in [2.75, 3.05) is 31.7 Å². The van der Waals surface area contributed by atoms with Crippen molar-refractivity contribution in [2.24, 2.45) is 0 Å². The smallest absolute Gasteiger partial charge is 0.203 e. The molecule has 5 heteroatoms. The average molecular weight is 269 g/mol. The minimum absolute atomic E-state index is 0.271. The van der Waals surface area contributed by atoms with Crippen molar-refractivity contribution >= 4 is 5.95 Å². The van der Waals surface area contributed by atoms with Gasteiger partial charge in [-0.15, -0.1) is 0 Å². The quantitative estimate of drug-likeness (QED) is 0.663. The number of nitrogens with one attached hydrogen (secondary N) is 1. The lowest BCUT2D eigenvalue weighted by atomic mass is 10.4. The van der Waals surface area contributed by atoms with Crippen LogP contribution in [-0.2, 0) is 16.0 Å². The molecule has 0 atom stereocenters. The normalized spacial score (nSPS) is 11.2. The highest BCUT2D eigenvalue weighted by Gasteiger charge is 2.05. The number of ether oxygens (including phenoxy) is 2. The first-order valence-electron chi connectivity index (χ1n) is 7.10. The molecule has 0 radical (unpaired) electrons.